The zero-order valence-electron chi connectivity index (χ0n) is 12.0. The van der Waals surface area contributed by atoms with Crippen molar-refractivity contribution in [3.63, 3.8) is 0 Å². The number of hydrogen-bond acceptors (Lipinski definition) is 3. The maximum atomic E-state index is 9.19. The topological polar surface area (TPSA) is 50.4 Å². The molecule has 0 fully saturated rings. The number of rotatable bonds is 4. The minimum absolute atomic E-state index is 0.169. The number of hydrogen-bond donors (Lipinski definition) is 1. The molecule has 21 heavy (non-hydrogen) atoms. The lowest BCUT2D eigenvalue weighted by atomic mass is 10.1. The Morgan fingerprint density at radius 2 is 1.90 bits per heavy atom. The van der Waals surface area contributed by atoms with Gasteiger partial charge in [0.15, 0.2) is 5.65 Å². The second-order valence-electron chi connectivity index (χ2n) is 5.19. The first-order valence-electron chi connectivity index (χ1n) is 6.91. The highest BCUT2D eigenvalue weighted by molar-refractivity contribution is 5.67. The van der Waals surface area contributed by atoms with Crippen molar-refractivity contribution in [3.05, 3.63) is 66.3 Å². The lowest BCUT2D eigenvalue weighted by Gasteiger charge is -2.04. The Labute approximate surface area is 123 Å². The molecule has 0 bridgehead atoms. The summed E-state index contributed by atoms with van der Waals surface area (Å²) in [7, 11) is 0. The average molecular weight is 279 g/mol. The normalized spacial score (nSPS) is 10.9. The van der Waals surface area contributed by atoms with Gasteiger partial charge in [-0.15, -0.1) is 10.2 Å². The standard InChI is InChI=1S/C17H17N3O/c1-12-3-6-14(7-4-12)15-9-10-20-16(8-5-13(2)21)18-19-17(20)11-15/h3-4,6-7,9-11,21H,2,5,8H2,1H3. The number of aliphatic hydroxyl groups excluding tert-OH is 1. The van der Waals surface area contributed by atoms with Gasteiger partial charge in [0.2, 0.25) is 0 Å². The number of benzene rings is 1. The Bertz CT molecular complexity index is 787. The highest BCUT2D eigenvalue weighted by Crippen LogP contribution is 2.21. The molecular formula is C17H17N3O. The predicted octanol–water partition coefficient (Wildman–Crippen LogP) is 3.71. The smallest absolute Gasteiger partial charge is 0.161 e. The second-order valence-corrected chi connectivity index (χ2v) is 5.19. The molecule has 3 rings (SSSR count). The molecule has 0 radical (unpaired) electrons. The fourth-order valence-corrected chi connectivity index (χ4v) is 2.29. The maximum Gasteiger partial charge on any atom is 0.161 e. The van der Waals surface area contributed by atoms with E-state index in [0.717, 1.165) is 22.6 Å². The van der Waals surface area contributed by atoms with Gasteiger partial charge in [-0.1, -0.05) is 36.4 Å². The molecule has 0 saturated heterocycles. The van der Waals surface area contributed by atoms with Crippen LogP contribution in [-0.2, 0) is 6.42 Å². The van der Waals surface area contributed by atoms with E-state index in [2.05, 4.69) is 54.0 Å². The molecule has 0 aliphatic heterocycles. The summed E-state index contributed by atoms with van der Waals surface area (Å²) < 4.78 is 1.95. The molecular weight excluding hydrogens is 262 g/mol. The lowest BCUT2D eigenvalue weighted by molar-refractivity contribution is 0.390. The molecule has 1 N–H and O–H groups in total. The van der Waals surface area contributed by atoms with E-state index in [9.17, 15) is 5.11 Å². The summed E-state index contributed by atoms with van der Waals surface area (Å²) in [5.74, 6) is 0.999. The lowest BCUT2D eigenvalue weighted by Crippen LogP contribution is -1.96. The molecule has 2 aromatic heterocycles. The molecule has 0 spiro atoms. The third-order valence-electron chi connectivity index (χ3n) is 3.50. The minimum Gasteiger partial charge on any atom is -0.513 e. The van der Waals surface area contributed by atoms with E-state index in [1.807, 2.05) is 16.7 Å². The van der Waals surface area contributed by atoms with Crippen LogP contribution in [0.2, 0.25) is 0 Å². The van der Waals surface area contributed by atoms with Crippen LogP contribution in [0.25, 0.3) is 16.8 Å². The molecule has 4 heteroatoms. The number of aryl methyl sites for hydroxylation is 2. The molecule has 0 aliphatic carbocycles. The van der Waals surface area contributed by atoms with Crippen LogP contribution in [0.15, 0.2) is 54.9 Å². The van der Waals surface area contributed by atoms with E-state index in [1.54, 1.807) is 0 Å². The van der Waals surface area contributed by atoms with Gasteiger partial charge in [0, 0.05) is 19.0 Å². The molecule has 0 unspecified atom stereocenters. The van der Waals surface area contributed by atoms with Crippen LogP contribution in [0, 0.1) is 6.92 Å². The van der Waals surface area contributed by atoms with Crippen molar-refractivity contribution in [2.24, 2.45) is 0 Å². The third-order valence-corrected chi connectivity index (χ3v) is 3.50. The molecule has 3 aromatic rings. The van der Waals surface area contributed by atoms with Gasteiger partial charge in [-0.3, -0.25) is 4.40 Å². The van der Waals surface area contributed by atoms with Gasteiger partial charge in [-0.2, -0.15) is 0 Å². The minimum atomic E-state index is 0.169. The number of allylic oxidation sites excluding steroid dienone is 1. The summed E-state index contributed by atoms with van der Waals surface area (Å²) in [5.41, 5.74) is 4.34. The van der Waals surface area contributed by atoms with E-state index >= 15 is 0 Å². The highest BCUT2D eigenvalue weighted by Gasteiger charge is 2.07. The first kappa shape index (κ1) is 13.4. The van der Waals surface area contributed by atoms with Gasteiger partial charge in [0.05, 0.1) is 5.76 Å². The monoisotopic (exact) mass is 279 g/mol. The average Bonchev–Trinajstić information content (AvgIpc) is 2.88. The molecule has 0 aliphatic rings. The van der Waals surface area contributed by atoms with Crippen molar-refractivity contribution in [2.75, 3.05) is 0 Å². The molecule has 0 amide bonds. The summed E-state index contributed by atoms with van der Waals surface area (Å²) in [6.45, 7) is 5.57. The summed E-state index contributed by atoms with van der Waals surface area (Å²) in [5, 5.41) is 17.6. The van der Waals surface area contributed by atoms with E-state index in [4.69, 9.17) is 0 Å². The molecule has 1 aromatic carbocycles. The molecule has 106 valence electrons. The van der Waals surface area contributed by atoms with E-state index in [0.29, 0.717) is 12.8 Å². The zero-order chi connectivity index (χ0) is 14.8. The van der Waals surface area contributed by atoms with Crippen LogP contribution < -0.4 is 0 Å². The van der Waals surface area contributed by atoms with Crippen LogP contribution >= 0.6 is 0 Å². The van der Waals surface area contributed by atoms with E-state index < -0.39 is 0 Å². The number of fused-ring (bicyclic) bond motifs is 1. The molecule has 4 nitrogen and oxygen atoms in total. The number of aliphatic hydroxyl groups is 1. The number of aromatic nitrogens is 3. The van der Waals surface area contributed by atoms with Crippen LogP contribution in [0.4, 0.5) is 0 Å². The van der Waals surface area contributed by atoms with Crippen molar-refractivity contribution < 1.29 is 5.11 Å². The second kappa shape index (κ2) is 5.40. The van der Waals surface area contributed by atoms with E-state index in [-0.39, 0.29) is 5.76 Å². The van der Waals surface area contributed by atoms with Crippen LogP contribution in [0.1, 0.15) is 17.8 Å². The fraction of sp³-hybridized carbons (Fsp3) is 0.176. The summed E-state index contributed by atoms with van der Waals surface area (Å²) in [4.78, 5) is 0. The van der Waals surface area contributed by atoms with E-state index in [1.165, 1.54) is 5.56 Å². The van der Waals surface area contributed by atoms with Crippen LogP contribution in [0.3, 0.4) is 0 Å². The largest absolute Gasteiger partial charge is 0.513 e. The van der Waals surface area contributed by atoms with Crippen LogP contribution in [-0.4, -0.2) is 19.7 Å². The Morgan fingerprint density at radius 1 is 1.14 bits per heavy atom. The first-order valence-corrected chi connectivity index (χ1v) is 6.91. The third kappa shape index (κ3) is 2.79. The Balaban J connectivity index is 1.94. The Morgan fingerprint density at radius 3 is 2.62 bits per heavy atom. The van der Waals surface area contributed by atoms with Gasteiger partial charge in [-0.05, 0) is 30.2 Å². The Kier molecular flexibility index (Phi) is 3.44. The SMILES string of the molecule is C=C(O)CCc1nnc2cc(-c3ccc(C)cc3)ccn12. The molecule has 0 saturated carbocycles. The number of nitrogens with zero attached hydrogens (tertiary/aromatic N) is 3. The maximum absolute atomic E-state index is 9.19. The van der Waals surface area contributed by atoms with Crippen molar-refractivity contribution in [2.45, 2.75) is 19.8 Å². The van der Waals surface area contributed by atoms with Gasteiger partial charge < -0.3 is 5.11 Å². The highest BCUT2D eigenvalue weighted by atomic mass is 16.3. The van der Waals surface area contributed by atoms with Crippen molar-refractivity contribution >= 4 is 5.65 Å². The fourth-order valence-electron chi connectivity index (χ4n) is 2.29. The van der Waals surface area contributed by atoms with Crippen molar-refractivity contribution in [1.82, 2.24) is 14.6 Å². The molecule has 2 heterocycles. The molecule has 0 atom stereocenters. The van der Waals surface area contributed by atoms with Crippen molar-refractivity contribution in [1.29, 1.82) is 0 Å². The van der Waals surface area contributed by atoms with Gasteiger partial charge in [0.25, 0.3) is 0 Å². The summed E-state index contributed by atoms with van der Waals surface area (Å²) in [6.07, 6.45) is 3.10. The Hall–Kier alpha value is -2.62. The van der Waals surface area contributed by atoms with Gasteiger partial charge in [0.1, 0.15) is 5.82 Å². The van der Waals surface area contributed by atoms with Gasteiger partial charge in [-0.25, -0.2) is 0 Å². The predicted molar refractivity (Wildman–Crippen MR) is 83.2 cm³/mol. The summed E-state index contributed by atoms with van der Waals surface area (Å²) >= 11 is 0. The van der Waals surface area contributed by atoms with Crippen molar-refractivity contribution in [3.8, 4) is 11.1 Å². The first-order chi connectivity index (χ1) is 10.1. The zero-order valence-corrected chi connectivity index (χ0v) is 12.0. The number of pyridine rings is 1. The summed E-state index contributed by atoms with van der Waals surface area (Å²) in [6, 6.07) is 12.5. The van der Waals surface area contributed by atoms with Gasteiger partial charge >= 0.3 is 0 Å². The quantitative estimate of drug-likeness (QED) is 0.741. The van der Waals surface area contributed by atoms with Crippen LogP contribution in [0.5, 0.6) is 0 Å².